The van der Waals surface area contributed by atoms with Crippen LogP contribution in [0.5, 0.6) is 11.5 Å². The van der Waals surface area contributed by atoms with Gasteiger partial charge in [0.1, 0.15) is 6.04 Å². The molecule has 3 heterocycles. The number of hydrogen-bond acceptors (Lipinski definition) is 8. The second kappa shape index (κ2) is 11.4. The number of anilines is 1. The summed E-state index contributed by atoms with van der Waals surface area (Å²) in [6.45, 7) is 2.34. The predicted octanol–water partition coefficient (Wildman–Crippen LogP) is 5.06. The van der Waals surface area contributed by atoms with E-state index >= 15 is 0 Å². The third-order valence-corrected chi connectivity index (χ3v) is 8.49. The second-order valence-electron chi connectivity index (χ2n) is 10.8. The number of hydrogen-bond donors (Lipinski definition) is 0. The Morgan fingerprint density at radius 2 is 1.53 bits per heavy atom. The summed E-state index contributed by atoms with van der Waals surface area (Å²) in [6.07, 6.45) is 5.40. The maximum Gasteiger partial charge on any atom is 0.338 e. The smallest absolute Gasteiger partial charge is 0.338 e. The van der Waals surface area contributed by atoms with E-state index in [0.717, 1.165) is 28.9 Å². The molecule has 43 heavy (non-hydrogen) atoms. The van der Waals surface area contributed by atoms with Crippen LogP contribution in [0.1, 0.15) is 57.7 Å². The Balaban J connectivity index is 1.38. The molecule has 9 heteroatoms. The number of carbonyl (C=O) groups is 4. The maximum atomic E-state index is 14.2. The molecule has 0 bridgehead atoms. The van der Waals surface area contributed by atoms with Crippen molar-refractivity contribution in [3.63, 3.8) is 0 Å². The number of amides is 2. The molecule has 0 unspecified atom stereocenters. The fourth-order valence-electron chi connectivity index (χ4n) is 6.41. The van der Waals surface area contributed by atoms with Gasteiger partial charge in [-0.05, 0) is 66.1 Å². The molecule has 3 aromatic rings. The summed E-state index contributed by atoms with van der Waals surface area (Å²) >= 11 is 0. The van der Waals surface area contributed by atoms with E-state index in [0.29, 0.717) is 34.9 Å². The molecule has 0 saturated carbocycles. The molecule has 2 saturated heterocycles. The van der Waals surface area contributed by atoms with E-state index in [4.69, 9.17) is 14.2 Å². The Morgan fingerprint density at radius 3 is 2.26 bits per heavy atom. The molecule has 3 aliphatic heterocycles. The summed E-state index contributed by atoms with van der Waals surface area (Å²) in [5, 5.41) is 0. The number of unbranched alkanes of at least 4 members (excludes halogenated alkanes) is 1. The van der Waals surface area contributed by atoms with Crippen molar-refractivity contribution in [2.24, 2.45) is 11.8 Å². The fraction of sp³-hybridized carbons (Fsp3) is 0.294. The number of benzene rings is 3. The highest BCUT2D eigenvalue weighted by molar-refractivity contribution is 6.24. The zero-order chi connectivity index (χ0) is 30.2. The van der Waals surface area contributed by atoms with E-state index in [1.54, 1.807) is 42.5 Å². The first-order valence-electron chi connectivity index (χ1n) is 14.4. The largest absolute Gasteiger partial charge is 0.493 e. The summed E-state index contributed by atoms with van der Waals surface area (Å²) in [7, 11) is 3.01. The van der Waals surface area contributed by atoms with Gasteiger partial charge in [-0.25, -0.2) is 9.69 Å². The third kappa shape index (κ3) is 4.65. The van der Waals surface area contributed by atoms with Crippen LogP contribution in [0.25, 0.3) is 6.08 Å². The molecule has 9 nitrogen and oxygen atoms in total. The molecule has 4 atom stereocenters. The Bertz CT molecular complexity index is 1630. The average molecular weight is 581 g/mol. The number of esters is 1. The first kappa shape index (κ1) is 28.2. The van der Waals surface area contributed by atoms with Crippen molar-refractivity contribution in [1.82, 2.24) is 4.90 Å². The number of Topliss-reactive ketones (excluding diaryl/α,β-unsaturated/α-hetero) is 1. The Hall–Kier alpha value is -4.92. The van der Waals surface area contributed by atoms with Crippen LogP contribution in [0.15, 0.2) is 72.9 Å². The van der Waals surface area contributed by atoms with Crippen molar-refractivity contribution >= 4 is 35.3 Å². The number of rotatable bonds is 9. The summed E-state index contributed by atoms with van der Waals surface area (Å²) in [6, 6.07) is 17.4. The number of imide groups is 1. The standard InChI is InChI=1S/C34H32N2O7/c1-4-5-18-43-34(40)21-10-13-23(14-11-21)36-32(38)27-28(33(36)39)30(31(37)22-12-15-25(41-2)26(19-22)42-3)35-17-16-20-8-6-7-9-24(20)29(27)35/h6-17,19,27-30H,4-5,18H2,1-3H3/t27-,28-,29-,30+/m1/s1. The van der Waals surface area contributed by atoms with Gasteiger partial charge in [0.15, 0.2) is 17.3 Å². The number of ether oxygens (including phenoxy) is 3. The molecule has 0 spiro atoms. The second-order valence-corrected chi connectivity index (χ2v) is 10.8. The van der Waals surface area contributed by atoms with Gasteiger partial charge >= 0.3 is 5.97 Å². The Morgan fingerprint density at radius 1 is 0.837 bits per heavy atom. The molecule has 0 aliphatic carbocycles. The van der Waals surface area contributed by atoms with Crippen molar-refractivity contribution in [3.8, 4) is 11.5 Å². The van der Waals surface area contributed by atoms with Crippen LogP contribution >= 0.6 is 0 Å². The highest BCUT2D eigenvalue weighted by Gasteiger charge is 2.64. The van der Waals surface area contributed by atoms with Crippen molar-refractivity contribution in [2.75, 3.05) is 25.7 Å². The number of carbonyl (C=O) groups excluding carboxylic acids is 4. The first-order chi connectivity index (χ1) is 20.9. The zero-order valence-corrected chi connectivity index (χ0v) is 24.2. The van der Waals surface area contributed by atoms with Crippen molar-refractivity contribution in [2.45, 2.75) is 31.8 Å². The SMILES string of the molecule is CCCCOC(=O)c1ccc(N2C(=O)[C@@H]3[C@@H](C2=O)[C@H]2c4ccccc4C=CN2[C@@H]3C(=O)c2ccc(OC)c(OC)c2)cc1. The van der Waals surface area contributed by atoms with Crippen LogP contribution in [0.3, 0.4) is 0 Å². The van der Waals surface area contributed by atoms with Crippen molar-refractivity contribution < 1.29 is 33.4 Å². The summed E-state index contributed by atoms with van der Waals surface area (Å²) in [4.78, 5) is 58.0. The molecule has 220 valence electrons. The number of ketones is 1. The van der Waals surface area contributed by atoms with Gasteiger partial charge in [0.05, 0.1) is 50.0 Å². The molecule has 0 radical (unpaired) electrons. The lowest BCUT2D eigenvalue weighted by Gasteiger charge is -2.35. The van der Waals surface area contributed by atoms with Gasteiger partial charge < -0.3 is 19.1 Å². The van der Waals surface area contributed by atoms with Gasteiger partial charge in [0, 0.05) is 11.8 Å². The molecule has 3 aliphatic rings. The molecule has 2 amide bonds. The summed E-state index contributed by atoms with van der Waals surface area (Å²) in [5.74, 6) is -2.43. The quantitative estimate of drug-likeness (QED) is 0.150. The van der Waals surface area contributed by atoms with E-state index in [9.17, 15) is 19.2 Å². The van der Waals surface area contributed by atoms with Crippen LogP contribution in [-0.2, 0) is 14.3 Å². The highest BCUT2D eigenvalue weighted by Crippen LogP contribution is 2.53. The van der Waals surface area contributed by atoms with Gasteiger partial charge in [0.25, 0.3) is 0 Å². The van der Waals surface area contributed by atoms with E-state index in [1.807, 2.05) is 48.4 Å². The molecule has 0 aromatic heterocycles. The lowest BCUT2D eigenvalue weighted by atomic mass is 9.83. The van der Waals surface area contributed by atoms with Gasteiger partial charge in [-0.15, -0.1) is 0 Å². The van der Waals surface area contributed by atoms with Crippen LogP contribution in [-0.4, -0.2) is 55.3 Å². The molecular formula is C34H32N2O7. The minimum Gasteiger partial charge on any atom is -0.493 e. The number of methoxy groups -OCH3 is 2. The topological polar surface area (TPSA) is 102 Å². The van der Waals surface area contributed by atoms with Crippen LogP contribution in [0.4, 0.5) is 5.69 Å². The van der Waals surface area contributed by atoms with Gasteiger partial charge in [-0.3, -0.25) is 14.4 Å². The first-order valence-corrected chi connectivity index (χ1v) is 14.4. The van der Waals surface area contributed by atoms with Crippen molar-refractivity contribution in [3.05, 3.63) is 95.2 Å². The highest BCUT2D eigenvalue weighted by atomic mass is 16.5. The van der Waals surface area contributed by atoms with Crippen LogP contribution in [0, 0.1) is 11.8 Å². The molecule has 6 rings (SSSR count). The predicted molar refractivity (Wildman–Crippen MR) is 159 cm³/mol. The van der Waals surface area contributed by atoms with Gasteiger partial charge in [-0.1, -0.05) is 37.6 Å². The molecule has 2 fully saturated rings. The number of nitrogens with zero attached hydrogens (tertiary/aromatic N) is 2. The monoisotopic (exact) mass is 580 g/mol. The van der Waals surface area contributed by atoms with E-state index < -0.39 is 35.8 Å². The zero-order valence-electron chi connectivity index (χ0n) is 24.2. The minimum atomic E-state index is -0.924. The summed E-state index contributed by atoms with van der Waals surface area (Å²) < 4.78 is 16.1. The van der Waals surface area contributed by atoms with Gasteiger partial charge in [0.2, 0.25) is 11.8 Å². The van der Waals surface area contributed by atoms with E-state index in [-0.39, 0.29) is 11.7 Å². The molecule has 3 aromatic carbocycles. The summed E-state index contributed by atoms with van der Waals surface area (Å²) in [5.41, 5.74) is 2.84. The van der Waals surface area contributed by atoms with Crippen LogP contribution in [0.2, 0.25) is 0 Å². The van der Waals surface area contributed by atoms with E-state index in [2.05, 4.69) is 0 Å². The molecular weight excluding hydrogens is 548 g/mol. The lowest BCUT2D eigenvalue weighted by molar-refractivity contribution is -0.123. The average Bonchev–Trinajstić information content (AvgIpc) is 3.52. The Kier molecular flexibility index (Phi) is 7.48. The Labute approximate surface area is 249 Å². The molecule has 0 N–H and O–H groups in total. The normalized spacial score (nSPS) is 21.7. The third-order valence-electron chi connectivity index (χ3n) is 8.49. The van der Waals surface area contributed by atoms with E-state index in [1.165, 1.54) is 14.2 Å². The van der Waals surface area contributed by atoms with Gasteiger partial charge in [-0.2, -0.15) is 0 Å². The van der Waals surface area contributed by atoms with Crippen LogP contribution < -0.4 is 14.4 Å². The lowest BCUT2D eigenvalue weighted by Crippen LogP contribution is -2.44. The minimum absolute atomic E-state index is 0.296. The fourth-order valence-corrected chi connectivity index (χ4v) is 6.41. The van der Waals surface area contributed by atoms with Crippen molar-refractivity contribution in [1.29, 1.82) is 0 Å². The number of fused-ring (bicyclic) bond motifs is 5. The maximum absolute atomic E-state index is 14.2.